The summed E-state index contributed by atoms with van der Waals surface area (Å²) in [5, 5.41) is 21.7. The molecule has 150 valence electrons. The minimum atomic E-state index is -0.594. The minimum Gasteiger partial charge on any atom is -0.497 e. The number of carbonyl (C=O) groups excluding carboxylic acids is 1. The second-order valence-electron chi connectivity index (χ2n) is 6.11. The molecule has 1 unspecified atom stereocenters. The molecule has 1 aromatic carbocycles. The number of nitrogens with zero attached hydrogens (tertiary/aromatic N) is 3. The van der Waals surface area contributed by atoms with Crippen molar-refractivity contribution in [3.05, 3.63) is 53.8 Å². The fourth-order valence-corrected chi connectivity index (χ4v) is 3.61. The molecule has 0 saturated heterocycles. The molecule has 0 aliphatic heterocycles. The van der Waals surface area contributed by atoms with Gasteiger partial charge in [-0.25, -0.2) is 4.98 Å². The number of hydrogen-bond acceptors (Lipinski definition) is 8. The third-order valence-electron chi connectivity index (χ3n) is 4.20. The molecule has 3 N–H and O–H groups in total. The van der Waals surface area contributed by atoms with Crippen LogP contribution < -0.4 is 15.8 Å². The largest absolute Gasteiger partial charge is 0.497 e. The number of amides is 1. The lowest BCUT2D eigenvalue weighted by molar-refractivity contribution is -0.115. The van der Waals surface area contributed by atoms with E-state index in [1.165, 1.54) is 6.26 Å². The first-order valence-corrected chi connectivity index (χ1v) is 9.65. The molecule has 0 spiro atoms. The molecule has 2 heterocycles. The van der Waals surface area contributed by atoms with E-state index in [9.17, 15) is 15.3 Å². The van der Waals surface area contributed by atoms with Crippen molar-refractivity contribution in [3.8, 4) is 29.2 Å². The van der Waals surface area contributed by atoms with Gasteiger partial charge in [0.1, 0.15) is 40.1 Å². The number of thioether (sulfide) groups is 1. The summed E-state index contributed by atoms with van der Waals surface area (Å²) in [7, 11) is 1.56. The van der Waals surface area contributed by atoms with Crippen molar-refractivity contribution in [1.29, 1.82) is 10.5 Å². The number of methoxy groups -OCH3 is 1. The summed E-state index contributed by atoms with van der Waals surface area (Å²) in [5.41, 5.74) is 7.02. The summed E-state index contributed by atoms with van der Waals surface area (Å²) in [5.74, 6) is 0.692. The van der Waals surface area contributed by atoms with Gasteiger partial charge < -0.3 is 20.2 Å². The molecule has 3 aromatic rings. The Bertz CT molecular complexity index is 1150. The van der Waals surface area contributed by atoms with Crippen LogP contribution in [0.15, 0.2) is 52.1 Å². The first-order chi connectivity index (χ1) is 14.5. The average Bonchev–Trinajstić information content (AvgIpc) is 3.28. The molecule has 8 nitrogen and oxygen atoms in total. The van der Waals surface area contributed by atoms with Crippen LogP contribution in [0.2, 0.25) is 0 Å². The van der Waals surface area contributed by atoms with E-state index in [4.69, 9.17) is 14.9 Å². The lowest BCUT2D eigenvalue weighted by Gasteiger charge is -2.15. The summed E-state index contributed by atoms with van der Waals surface area (Å²) >= 11 is 1.07. The van der Waals surface area contributed by atoms with E-state index in [1.54, 1.807) is 50.4 Å². The predicted molar refractivity (Wildman–Crippen MR) is 113 cm³/mol. The number of nitrogens with two attached hydrogens (primary N) is 1. The molecule has 3 rings (SSSR count). The second-order valence-corrected chi connectivity index (χ2v) is 7.44. The van der Waals surface area contributed by atoms with Gasteiger partial charge in [-0.2, -0.15) is 10.5 Å². The zero-order chi connectivity index (χ0) is 21.7. The van der Waals surface area contributed by atoms with Crippen molar-refractivity contribution in [3.63, 3.8) is 0 Å². The molecule has 0 bridgehead atoms. The number of pyridine rings is 1. The SMILES string of the molecule is COc1ccc(NC(=O)C(C)Sc2nc(N)c(C#N)c(-c3ccco3)c2C#N)cc1. The van der Waals surface area contributed by atoms with Crippen LogP contribution in [0, 0.1) is 22.7 Å². The number of ether oxygens (including phenoxy) is 1. The number of hydrogen-bond donors (Lipinski definition) is 2. The van der Waals surface area contributed by atoms with Gasteiger partial charge in [-0.05, 0) is 43.3 Å². The maximum atomic E-state index is 12.6. The number of furan rings is 1. The Hall–Kier alpha value is -3.95. The molecule has 0 aliphatic rings. The minimum absolute atomic E-state index is 0.0341. The maximum Gasteiger partial charge on any atom is 0.237 e. The van der Waals surface area contributed by atoms with E-state index >= 15 is 0 Å². The van der Waals surface area contributed by atoms with Crippen LogP contribution in [0.3, 0.4) is 0 Å². The Labute approximate surface area is 177 Å². The summed E-state index contributed by atoms with van der Waals surface area (Å²) in [6, 6.07) is 14.2. The number of aromatic nitrogens is 1. The van der Waals surface area contributed by atoms with Gasteiger partial charge in [-0.3, -0.25) is 4.79 Å². The lowest BCUT2D eigenvalue weighted by atomic mass is 10.0. The van der Waals surface area contributed by atoms with Gasteiger partial charge in [-0.1, -0.05) is 11.8 Å². The highest BCUT2D eigenvalue weighted by Gasteiger charge is 2.25. The van der Waals surface area contributed by atoms with Crippen molar-refractivity contribution < 1.29 is 13.9 Å². The first kappa shape index (κ1) is 20.8. The fraction of sp³-hybridized carbons (Fsp3) is 0.143. The lowest BCUT2D eigenvalue weighted by Crippen LogP contribution is -2.22. The highest BCUT2D eigenvalue weighted by Crippen LogP contribution is 2.37. The van der Waals surface area contributed by atoms with Crippen LogP contribution in [0.1, 0.15) is 18.1 Å². The van der Waals surface area contributed by atoms with E-state index in [2.05, 4.69) is 16.4 Å². The monoisotopic (exact) mass is 419 g/mol. The Balaban J connectivity index is 1.89. The summed E-state index contributed by atoms with van der Waals surface area (Å²) in [6.07, 6.45) is 1.44. The van der Waals surface area contributed by atoms with E-state index < -0.39 is 5.25 Å². The molecule has 2 aromatic heterocycles. The molecule has 0 fully saturated rings. The van der Waals surface area contributed by atoms with Gasteiger partial charge in [0.15, 0.2) is 0 Å². The third kappa shape index (κ3) is 4.22. The van der Waals surface area contributed by atoms with E-state index in [1.807, 2.05) is 6.07 Å². The van der Waals surface area contributed by atoms with Crippen molar-refractivity contribution in [2.75, 3.05) is 18.2 Å². The molecule has 1 amide bonds. The van der Waals surface area contributed by atoms with E-state index in [0.29, 0.717) is 17.2 Å². The maximum absolute atomic E-state index is 12.6. The fourth-order valence-electron chi connectivity index (χ4n) is 2.69. The summed E-state index contributed by atoms with van der Waals surface area (Å²) in [4.78, 5) is 16.8. The topological polar surface area (TPSA) is 138 Å². The summed E-state index contributed by atoms with van der Waals surface area (Å²) in [6.45, 7) is 1.69. The number of benzene rings is 1. The molecule has 0 aliphatic carbocycles. The Morgan fingerprint density at radius 1 is 1.23 bits per heavy atom. The Morgan fingerprint density at radius 2 is 1.93 bits per heavy atom. The smallest absolute Gasteiger partial charge is 0.237 e. The molecular weight excluding hydrogens is 402 g/mol. The average molecular weight is 419 g/mol. The van der Waals surface area contributed by atoms with Gasteiger partial charge in [0.2, 0.25) is 5.91 Å². The van der Waals surface area contributed by atoms with Crippen LogP contribution in [0.5, 0.6) is 5.75 Å². The highest BCUT2D eigenvalue weighted by atomic mass is 32.2. The summed E-state index contributed by atoms with van der Waals surface area (Å²) < 4.78 is 10.5. The molecular formula is C21H17N5O3S. The standard InChI is InChI=1S/C21H17N5O3S/c1-12(20(27)25-13-5-7-14(28-2)8-6-13)30-21-16(11-23)18(17-4-3-9-29-17)15(10-22)19(24)26-21/h3-9,12H,1-2H3,(H2,24,26)(H,25,27). The van der Waals surface area contributed by atoms with Crippen LogP contribution in [0.25, 0.3) is 11.3 Å². The normalized spacial score (nSPS) is 11.2. The Kier molecular flexibility index (Phi) is 6.26. The highest BCUT2D eigenvalue weighted by molar-refractivity contribution is 8.00. The van der Waals surface area contributed by atoms with E-state index in [-0.39, 0.29) is 33.4 Å². The van der Waals surface area contributed by atoms with Gasteiger partial charge >= 0.3 is 0 Å². The van der Waals surface area contributed by atoms with Gasteiger partial charge in [0, 0.05) is 5.69 Å². The van der Waals surface area contributed by atoms with Crippen LogP contribution >= 0.6 is 11.8 Å². The molecule has 0 saturated carbocycles. The van der Waals surface area contributed by atoms with E-state index in [0.717, 1.165) is 11.8 Å². The first-order valence-electron chi connectivity index (χ1n) is 8.77. The second kappa shape index (κ2) is 9.03. The van der Waals surface area contributed by atoms with Gasteiger partial charge in [0.25, 0.3) is 0 Å². The van der Waals surface area contributed by atoms with Gasteiger partial charge in [-0.15, -0.1) is 0 Å². The van der Waals surface area contributed by atoms with Crippen molar-refractivity contribution in [2.45, 2.75) is 17.2 Å². The van der Waals surface area contributed by atoms with Gasteiger partial charge in [0.05, 0.1) is 29.7 Å². The number of nitriles is 2. The molecule has 9 heteroatoms. The quantitative estimate of drug-likeness (QED) is 0.575. The number of rotatable bonds is 6. The number of nitrogen functional groups attached to an aromatic ring is 1. The third-order valence-corrected chi connectivity index (χ3v) is 5.28. The molecule has 0 radical (unpaired) electrons. The van der Waals surface area contributed by atoms with Crippen LogP contribution in [-0.2, 0) is 4.79 Å². The van der Waals surface area contributed by atoms with Crippen LogP contribution in [-0.4, -0.2) is 23.3 Å². The number of nitrogens with one attached hydrogen (secondary N) is 1. The van der Waals surface area contributed by atoms with Crippen molar-refractivity contribution in [1.82, 2.24) is 4.98 Å². The van der Waals surface area contributed by atoms with Crippen LogP contribution in [0.4, 0.5) is 11.5 Å². The number of anilines is 2. The zero-order valence-electron chi connectivity index (χ0n) is 16.2. The number of carbonyl (C=O) groups is 1. The zero-order valence-corrected chi connectivity index (χ0v) is 17.0. The Morgan fingerprint density at radius 3 is 2.50 bits per heavy atom. The molecule has 30 heavy (non-hydrogen) atoms. The molecule has 1 atom stereocenters. The van der Waals surface area contributed by atoms with Crippen molar-refractivity contribution in [2.24, 2.45) is 0 Å². The predicted octanol–water partition coefficient (Wildman–Crippen LogP) is 3.80. The van der Waals surface area contributed by atoms with Crippen molar-refractivity contribution >= 4 is 29.2 Å².